The van der Waals surface area contributed by atoms with Crippen LogP contribution in [0.5, 0.6) is 5.75 Å². The van der Waals surface area contributed by atoms with Gasteiger partial charge in [-0.05, 0) is 56.3 Å². The van der Waals surface area contributed by atoms with Crippen molar-refractivity contribution < 1.29 is 18.7 Å². The number of benzene rings is 2. The summed E-state index contributed by atoms with van der Waals surface area (Å²) in [4.78, 5) is 26.2. The van der Waals surface area contributed by atoms with Gasteiger partial charge in [-0.15, -0.1) is 0 Å². The highest BCUT2D eigenvalue weighted by molar-refractivity contribution is 6.02. The van der Waals surface area contributed by atoms with Crippen LogP contribution in [0.4, 0.5) is 26.2 Å². The fourth-order valence-electron chi connectivity index (χ4n) is 2.69. The Kier molecular flexibility index (Phi) is 4.54. The van der Waals surface area contributed by atoms with E-state index < -0.39 is 11.4 Å². The highest BCUT2D eigenvalue weighted by atomic mass is 19.1. The zero-order valence-electron chi connectivity index (χ0n) is 14.8. The molecule has 0 atom stereocenters. The lowest BCUT2D eigenvalue weighted by Gasteiger charge is -2.24. The number of amides is 3. The Hall–Kier alpha value is -3.09. The van der Waals surface area contributed by atoms with E-state index in [4.69, 9.17) is 4.74 Å². The second-order valence-corrected chi connectivity index (χ2v) is 6.81. The molecule has 26 heavy (non-hydrogen) atoms. The van der Waals surface area contributed by atoms with Crippen LogP contribution in [0.15, 0.2) is 42.5 Å². The number of hydrogen-bond acceptors (Lipinski definition) is 3. The molecular weight excluding hydrogens is 337 g/mol. The minimum absolute atomic E-state index is 0.0656. The molecule has 0 saturated heterocycles. The number of ether oxygens (including phenoxy) is 1. The van der Waals surface area contributed by atoms with Crippen LogP contribution in [-0.4, -0.2) is 25.6 Å². The molecule has 6 nitrogen and oxygen atoms in total. The van der Waals surface area contributed by atoms with Crippen molar-refractivity contribution >= 4 is 29.0 Å². The molecule has 3 amide bonds. The summed E-state index contributed by atoms with van der Waals surface area (Å²) in [6.45, 7) is 3.93. The molecular formula is C19H20FN3O3. The van der Waals surface area contributed by atoms with E-state index in [0.717, 1.165) is 0 Å². The summed E-state index contributed by atoms with van der Waals surface area (Å²) in [6.07, 6.45) is 0. The van der Waals surface area contributed by atoms with Gasteiger partial charge in [-0.2, -0.15) is 0 Å². The van der Waals surface area contributed by atoms with Crippen LogP contribution in [0.3, 0.4) is 0 Å². The number of urea groups is 1. The van der Waals surface area contributed by atoms with Crippen molar-refractivity contribution in [1.29, 1.82) is 0 Å². The Morgan fingerprint density at radius 2 is 1.73 bits per heavy atom. The molecule has 0 saturated carbocycles. The zero-order valence-corrected chi connectivity index (χ0v) is 14.8. The van der Waals surface area contributed by atoms with Gasteiger partial charge in [0.05, 0.1) is 11.1 Å². The maximum absolute atomic E-state index is 12.9. The number of nitrogens with zero attached hydrogens (tertiary/aromatic N) is 1. The highest BCUT2D eigenvalue weighted by Gasteiger charge is 2.36. The third-order valence-electron chi connectivity index (χ3n) is 4.15. The normalized spacial score (nSPS) is 15.5. The first-order valence-corrected chi connectivity index (χ1v) is 8.15. The summed E-state index contributed by atoms with van der Waals surface area (Å²) in [5.41, 5.74) is 0.920. The van der Waals surface area contributed by atoms with Crippen LogP contribution in [0.2, 0.25) is 0 Å². The van der Waals surface area contributed by atoms with Gasteiger partial charge >= 0.3 is 6.03 Å². The maximum Gasteiger partial charge on any atom is 0.323 e. The molecule has 2 aromatic carbocycles. The van der Waals surface area contributed by atoms with Crippen molar-refractivity contribution in [2.24, 2.45) is 5.41 Å². The van der Waals surface area contributed by atoms with Gasteiger partial charge < -0.3 is 20.3 Å². The molecule has 0 aliphatic carbocycles. The lowest BCUT2D eigenvalue weighted by atomic mass is 9.93. The summed E-state index contributed by atoms with van der Waals surface area (Å²) < 4.78 is 18.7. The number of halogens is 1. The van der Waals surface area contributed by atoms with Gasteiger partial charge in [0.15, 0.2) is 0 Å². The summed E-state index contributed by atoms with van der Waals surface area (Å²) in [5.74, 6) is 0.137. The van der Waals surface area contributed by atoms with Crippen LogP contribution in [-0.2, 0) is 4.79 Å². The van der Waals surface area contributed by atoms with E-state index in [-0.39, 0.29) is 18.3 Å². The predicted octanol–water partition coefficient (Wildman–Crippen LogP) is 3.85. The number of hydrogen-bond donors (Lipinski definition) is 2. The fourth-order valence-corrected chi connectivity index (χ4v) is 2.69. The Morgan fingerprint density at radius 1 is 1.12 bits per heavy atom. The molecule has 3 rings (SSSR count). The van der Waals surface area contributed by atoms with E-state index in [9.17, 15) is 14.0 Å². The highest BCUT2D eigenvalue weighted by Crippen LogP contribution is 2.37. The topological polar surface area (TPSA) is 70.7 Å². The Labute approximate surface area is 150 Å². The van der Waals surface area contributed by atoms with Gasteiger partial charge in [-0.25, -0.2) is 9.18 Å². The zero-order chi connectivity index (χ0) is 18.9. The number of rotatable bonds is 2. The van der Waals surface area contributed by atoms with Crippen molar-refractivity contribution in [3.8, 4) is 5.75 Å². The van der Waals surface area contributed by atoms with Crippen LogP contribution >= 0.6 is 0 Å². The van der Waals surface area contributed by atoms with Crippen LogP contribution in [0, 0.1) is 11.2 Å². The third kappa shape index (κ3) is 3.61. The lowest BCUT2D eigenvalue weighted by molar-refractivity contribution is -0.127. The fraction of sp³-hybridized carbons (Fsp3) is 0.263. The Balaban J connectivity index is 1.76. The van der Waals surface area contributed by atoms with Gasteiger partial charge in [0.1, 0.15) is 18.2 Å². The molecule has 2 aromatic rings. The SMILES string of the molecule is CN1C(=O)C(C)(C)COc2ccc(NC(=O)Nc3ccc(F)cc3)cc21. The first kappa shape index (κ1) is 17.7. The van der Waals surface area contributed by atoms with Crippen molar-refractivity contribution in [3.63, 3.8) is 0 Å². The van der Waals surface area contributed by atoms with Gasteiger partial charge in [0, 0.05) is 18.4 Å². The number of fused-ring (bicyclic) bond motifs is 1. The van der Waals surface area contributed by atoms with E-state index in [1.54, 1.807) is 25.2 Å². The molecule has 0 spiro atoms. The lowest BCUT2D eigenvalue weighted by Crippen LogP contribution is -2.39. The number of nitrogens with one attached hydrogen (secondary N) is 2. The second kappa shape index (κ2) is 6.67. The Bertz CT molecular complexity index is 850. The number of carbonyl (C=O) groups excluding carboxylic acids is 2. The third-order valence-corrected chi connectivity index (χ3v) is 4.15. The minimum atomic E-state index is -0.638. The average Bonchev–Trinajstić information content (AvgIpc) is 2.68. The van der Waals surface area contributed by atoms with Crippen LogP contribution < -0.4 is 20.3 Å². The summed E-state index contributed by atoms with van der Waals surface area (Å²) in [7, 11) is 1.68. The average molecular weight is 357 g/mol. The molecule has 0 unspecified atom stereocenters. The smallest absolute Gasteiger partial charge is 0.323 e. The summed E-state index contributed by atoms with van der Waals surface area (Å²) >= 11 is 0. The molecule has 1 aliphatic rings. The monoisotopic (exact) mass is 357 g/mol. The molecule has 1 heterocycles. The minimum Gasteiger partial charge on any atom is -0.490 e. The second-order valence-electron chi connectivity index (χ2n) is 6.81. The predicted molar refractivity (Wildman–Crippen MR) is 98.2 cm³/mol. The van der Waals surface area contributed by atoms with E-state index in [0.29, 0.717) is 22.8 Å². The summed E-state index contributed by atoms with van der Waals surface area (Å²) in [6, 6.07) is 10.1. The molecule has 1 aliphatic heterocycles. The molecule has 7 heteroatoms. The molecule has 0 radical (unpaired) electrons. The first-order valence-electron chi connectivity index (χ1n) is 8.15. The molecule has 136 valence electrons. The first-order chi connectivity index (χ1) is 12.3. The molecule has 0 fully saturated rings. The Morgan fingerprint density at radius 3 is 2.42 bits per heavy atom. The molecule has 0 aromatic heterocycles. The van der Waals surface area contributed by atoms with E-state index in [2.05, 4.69) is 10.6 Å². The largest absolute Gasteiger partial charge is 0.490 e. The van der Waals surface area contributed by atoms with Gasteiger partial charge in [-0.1, -0.05) is 0 Å². The summed E-state index contributed by atoms with van der Waals surface area (Å²) in [5, 5.41) is 5.31. The van der Waals surface area contributed by atoms with E-state index in [1.807, 2.05) is 13.8 Å². The van der Waals surface area contributed by atoms with Crippen LogP contribution in [0.25, 0.3) is 0 Å². The van der Waals surface area contributed by atoms with Gasteiger partial charge in [-0.3, -0.25) is 4.79 Å². The van der Waals surface area contributed by atoms with Gasteiger partial charge in [0.25, 0.3) is 0 Å². The molecule has 0 bridgehead atoms. The number of anilines is 3. The maximum atomic E-state index is 12.9. The van der Waals surface area contributed by atoms with Crippen LogP contribution in [0.1, 0.15) is 13.8 Å². The van der Waals surface area contributed by atoms with E-state index >= 15 is 0 Å². The molecule has 2 N–H and O–H groups in total. The van der Waals surface area contributed by atoms with Crippen molar-refractivity contribution in [3.05, 3.63) is 48.3 Å². The van der Waals surface area contributed by atoms with Crippen molar-refractivity contribution in [2.75, 3.05) is 29.2 Å². The van der Waals surface area contributed by atoms with Gasteiger partial charge in [0.2, 0.25) is 5.91 Å². The standard InChI is InChI=1S/C19H20FN3O3/c1-19(2)11-26-16-9-8-14(10-15(16)23(3)17(19)24)22-18(25)21-13-6-4-12(20)5-7-13/h4-10H,11H2,1-3H3,(H2,21,22,25). The number of carbonyl (C=O) groups is 2. The van der Waals surface area contributed by atoms with Crippen molar-refractivity contribution in [1.82, 2.24) is 0 Å². The van der Waals surface area contributed by atoms with Crippen molar-refractivity contribution in [2.45, 2.75) is 13.8 Å². The van der Waals surface area contributed by atoms with E-state index in [1.165, 1.54) is 29.2 Å². The quantitative estimate of drug-likeness (QED) is 0.858.